The lowest BCUT2D eigenvalue weighted by atomic mass is 9.97. The standard InChI is InChI=1S/C13H14N4O2S2/c18-11(15-13-16-14-8-21-13)9-3-1-5-17(7-9)12(19)10-4-2-6-20-10/h2,4,6,8-9H,1,3,5,7H2,(H,15,16,18). The zero-order valence-corrected chi connectivity index (χ0v) is 12.8. The molecule has 1 aliphatic heterocycles. The van der Waals surface area contributed by atoms with E-state index in [1.165, 1.54) is 22.7 Å². The molecule has 0 aromatic carbocycles. The summed E-state index contributed by atoms with van der Waals surface area (Å²) in [5.41, 5.74) is 1.57. The van der Waals surface area contributed by atoms with E-state index in [0.717, 1.165) is 17.7 Å². The number of carbonyl (C=O) groups is 2. The minimum atomic E-state index is -0.188. The Balaban J connectivity index is 1.63. The summed E-state index contributed by atoms with van der Waals surface area (Å²) in [6.07, 6.45) is 1.63. The second kappa shape index (κ2) is 6.31. The van der Waals surface area contributed by atoms with E-state index in [9.17, 15) is 9.59 Å². The average Bonchev–Trinajstić information content (AvgIpc) is 3.20. The average molecular weight is 322 g/mol. The lowest BCUT2D eigenvalue weighted by Gasteiger charge is -2.31. The third-order valence-corrected chi connectivity index (χ3v) is 4.87. The van der Waals surface area contributed by atoms with Crippen LogP contribution in [0.4, 0.5) is 5.13 Å². The van der Waals surface area contributed by atoms with Crippen molar-refractivity contribution in [2.24, 2.45) is 5.92 Å². The summed E-state index contributed by atoms with van der Waals surface area (Å²) in [7, 11) is 0. The number of hydrogen-bond donors (Lipinski definition) is 1. The third-order valence-electron chi connectivity index (χ3n) is 3.40. The van der Waals surface area contributed by atoms with Crippen LogP contribution < -0.4 is 5.32 Å². The first-order valence-corrected chi connectivity index (χ1v) is 8.40. The Bertz CT molecular complexity index is 612. The summed E-state index contributed by atoms with van der Waals surface area (Å²) in [6.45, 7) is 1.17. The second-order valence-electron chi connectivity index (χ2n) is 4.80. The number of amides is 2. The second-order valence-corrected chi connectivity index (χ2v) is 6.58. The lowest BCUT2D eigenvalue weighted by Crippen LogP contribution is -2.43. The highest BCUT2D eigenvalue weighted by Crippen LogP contribution is 2.22. The molecule has 3 rings (SSSR count). The van der Waals surface area contributed by atoms with Crippen LogP contribution in [0.5, 0.6) is 0 Å². The number of likely N-dealkylation sites (tertiary alicyclic amines) is 1. The van der Waals surface area contributed by atoms with Gasteiger partial charge in [-0.05, 0) is 24.3 Å². The molecular formula is C13H14N4O2S2. The normalized spacial score (nSPS) is 18.5. The van der Waals surface area contributed by atoms with Crippen LogP contribution >= 0.6 is 22.7 Å². The van der Waals surface area contributed by atoms with Crippen molar-refractivity contribution in [2.45, 2.75) is 12.8 Å². The van der Waals surface area contributed by atoms with Crippen molar-refractivity contribution in [2.75, 3.05) is 18.4 Å². The molecule has 21 heavy (non-hydrogen) atoms. The fourth-order valence-electron chi connectivity index (χ4n) is 2.37. The molecule has 110 valence electrons. The molecule has 0 aliphatic carbocycles. The first kappa shape index (κ1) is 14.2. The van der Waals surface area contributed by atoms with Crippen LogP contribution in [0.3, 0.4) is 0 Å². The predicted octanol–water partition coefficient (Wildman–Crippen LogP) is 2.09. The number of rotatable bonds is 3. The van der Waals surface area contributed by atoms with Gasteiger partial charge in [-0.3, -0.25) is 9.59 Å². The Morgan fingerprint density at radius 3 is 3.00 bits per heavy atom. The van der Waals surface area contributed by atoms with Crippen LogP contribution in [-0.2, 0) is 4.79 Å². The molecule has 8 heteroatoms. The zero-order chi connectivity index (χ0) is 14.7. The number of carbonyl (C=O) groups excluding carboxylic acids is 2. The zero-order valence-electron chi connectivity index (χ0n) is 11.2. The largest absolute Gasteiger partial charge is 0.337 e. The monoisotopic (exact) mass is 322 g/mol. The number of aromatic nitrogens is 2. The molecule has 0 spiro atoms. The molecule has 0 bridgehead atoms. The molecule has 1 aliphatic rings. The molecular weight excluding hydrogens is 308 g/mol. The van der Waals surface area contributed by atoms with E-state index < -0.39 is 0 Å². The first-order valence-electron chi connectivity index (χ1n) is 6.64. The fraction of sp³-hybridized carbons (Fsp3) is 0.385. The van der Waals surface area contributed by atoms with Crippen LogP contribution in [0.1, 0.15) is 22.5 Å². The summed E-state index contributed by atoms with van der Waals surface area (Å²) in [4.78, 5) is 27.0. The number of nitrogens with zero attached hydrogens (tertiary/aromatic N) is 3. The van der Waals surface area contributed by atoms with Gasteiger partial charge in [-0.15, -0.1) is 21.5 Å². The minimum Gasteiger partial charge on any atom is -0.337 e. The van der Waals surface area contributed by atoms with Gasteiger partial charge in [0.05, 0.1) is 10.8 Å². The van der Waals surface area contributed by atoms with Crippen molar-refractivity contribution >= 4 is 39.6 Å². The molecule has 0 saturated carbocycles. The summed E-state index contributed by atoms with van der Waals surface area (Å²) < 4.78 is 0. The summed E-state index contributed by atoms with van der Waals surface area (Å²) >= 11 is 2.72. The van der Waals surface area contributed by atoms with Gasteiger partial charge >= 0.3 is 0 Å². The lowest BCUT2D eigenvalue weighted by molar-refractivity contribution is -0.121. The summed E-state index contributed by atoms with van der Waals surface area (Å²) in [5.74, 6) is -0.264. The van der Waals surface area contributed by atoms with Gasteiger partial charge in [-0.1, -0.05) is 17.4 Å². The third kappa shape index (κ3) is 3.27. The van der Waals surface area contributed by atoms with Crippen LogP contribution in [0.25, 0.3) is 0 Å². The Morgan fingerprint density at radius 2 is 2.29 bits per heavy atom. The van der Waals surface area contributed by atoms with Crippen LogP contribution in [0.15, 0.2) is 23.0 Å². The number of anilines is 1. The Morgan fingerprint density at radius 1 is 1.38 bits per heavy atom. The molecule has 3 heterocycles. The van der Waals surface area contributed by atoms with Crippen molar-refractivity contribution < 1.29 is 9.59 Å². The van der Waals surface area contributed by atoms with Gasteiger partial charge in [0.25, 0.3) is 5.91 Å². The van der Waals surface area contributed by atoms with Gasteiger partial charge < -0.3 is 10.2 Å². The molecule has 2 aromatic rings. The highest BCUT2D eigenvalue weighted by Gasteiger charge is 2.29. The van der Waals surface area contributed by atoms with Crippen molar-refractivity contribution in [3.05, 3.63) is 27.9 Å². The first-order chi connectivity index (χ1) is 10.2. The van der Waals surface area contributed by atoms with E-state index >= 15 is 0 Å². The van der Waals surface area contributed by atoms with Crippen molar-refractivity contribution in [1.29, 1.82) is 0 Å². The summed E-state index contributed by atoms with van der Waals surface area (Å²) in [6, 6.07) is 3.68. The molecule has 1 atom stereocenters. The smallest absolute Gasteiger partial charge is 0.263 e. The van der Waals surface area contributed by atoms with Gasteiger partial charge in [0.15, 0.2) is 0 Å². The van der Waals surface area contributed by atoms with E-state index in [4.69, 9.17) is 0 Å². The van der Waals surface area contributed by atoms with Gasteiger partial charge in [-0.25, -0.2) is 0 Å². The maximum absolute atomic E-state index is 12.3. The number of piperidine rings is 1. The Hall–Kier alpha value is -1.80. The van der Waals surface area contributed by atoms with Gasteiger partial charge in [-0.2, -0.15) is 0 Å². The molecule has 6 nitrogen and oxygen atoms in total. The topological polar surface area (TPSA) is 75.2 Å². The molecule has 1 N–H and O–H groups in total. The maximum Gasteiger partial charge on any atom is 0.263 e. The van der Waals surface area contributed by atoms with Gasteiger partial charge in [0, 0.05) is 13.1 Å². The molecule has 2 aromatic heterocycles. The molecule has 1 unspecified atom stereocenters. The van der Waals surface area contributed by atoms with E-state index in [2.05, 4.69) is 15.5 Å². The van der Waals surface area contributed by atoms with Crippen molar-refractivity contribution in [3.63, 3.8) is 0 Å². The minimum absolute atomic E-state index is 0.0124. The SMILES string of the molecule is O=C(Nc1nncs1)C1CCCN(C(=O)c2cccs2)C1. The highest BCUT2D eigenvalue weighted by atomic mass is 32.1. The number of thiophene rings is 1. The maximum atomic E-state index is 12.3. The van der Waals surface area contributed by atoms with E-state index in [-0.39, 0.29) is 17.7 Å². The van der Waals surface area contributed by atoms with Crippen molar-refractivity contribution in [3.8, 4) is 0 Å². The van der Waals surface area contributed by atoms with E-state index in [1.807, 2.05) is 17.5 Å². The number of hydrogen-bond acceptors (Lipinski definition) is 6. The highest BCUT2D eigenvalue weighted by molar-refractivity contribution is 7.13. The number of nitrogens with one attached hydrogen (secondary N) is 1. The van der Waals surface area contributed by atoms with E-state index in [0.29, 0.717) is 18.2 Å². The Labute approximate surface area is 129 Å². The van der Waals surface area contributed by atoms with Gasteiger partial charge in [0.1, 0.15) is 5.51 Å². The van der Waals surface area contributed by atoms with Gasteiger partial charge in [0.2, 0.25) is 11.0 Å². The Kier molecular flexibility index (Phi) is 4.26. The predicted molar refractivity (Wildman–Crippen MR) is 81.5 cm³/mol. The molecule has 0 radical (unpaired) electrons. The molecule has 2 amide bonds. The van der Waals surface area contributed by atoms with Crippen LogP contribution in [0, 0.1) is 5.92 Å². The molecule has 1 saturated heterocycles. The van der Waals surface area contributed by atoms with Crippen LogP contribution in [0.2, 0.25) is 0 Å². The summed E-state index contributed by atoms with van der Waals surface area (Å²) in [5, 5.41) is 12.6. The molecule has 1 fully saturated rings. The van der Waals surface area contributed by atoms with E-state index in [1.54, 1.807) is 10.4 Å². The quantitative estimate of drug-likeness (QED) is 0.939. The van der Waals surface area contributed by atoms with Crippen molar-refractivity contribution in [1.82, 2.24) is 15.1 Å². The van der Waals surface area contributed by atoms with Crippen LogP contribution in [-0.4, -0.2) is 40.0 Å². The fourth-order valence-corrected chi connectivity index (χ4v) is 3.51.